The quantitative estimate of drug-likeness (QED) is 0.787. The first-order valence-electron chi connectivity index (χ1n) is 7.83. The molecule has 3 heteroatoms. The highest BCUT2D eigenvalue weighted by atomic mass is 32.1. The second-order valence-corrected chi connectivity index (χ2v) is 7.38. The Bertz CT molecular complexity index is 544. The minimum atomic E-state index is 0.495. The van der Waals surface area contributed by atoms with Crippen molar-refractivity contribution >= 4 is 11.3 Å². The Labute approximate surface area is 132 Å². The second-order valence-electron chi connectivity index (χ2n) is 6.21. The molecule has 2 nitrogen and oxygen atoms in total. The first kappa shape index (κ1) is 16.2. The van der Waals surface area contributed by atoms with Crippen LogP contribution in [0.25, 0.3) is 11.3 Å². The summed E-state index contributed by atoms with van der Waals surface area (Å²) >= 11 is 1.86. The van der Waals surface area contributed by atoms with Crippen LogP contribution in [0.3, 0.4) is 0 Å². The Morgan fingerprint density at radius 1 is 1.10 bits per heavy atom. The fraction of sp³-hybridized carbons (Fsp3) is 0.500. The van der Waals surface area contributed by atoms with Gasteiger partial charge in [-0.15, -0.1) is 11.3 Å². The minimum absolute atomic E-state index is 0.495. The molecule has 1 N–H and O–H groups in total. The monoisotopic (exact) mass is 302 g/mol. The van der Waals surface area contributed by atoms with Crippen LogP contribution in [0.15, 0.2) is 30.3 Å². The van der Waals surface area contributed by atoms with Crippen LogP contribution in [-0.4, -0.2) is 11.0 Å². The normalized spacial score (nSPS) is 11.5. The maximum absolute atomic E-state index is 4.91. The van der Waals surface area contributed by atoms with E-state index < -0.39 is 0 Å². The molecule has 2 rings (SSSR count). The average molecular weight is 302 g/mol. The summed E-state index contributed by atoms with van der Waals surface area (Å²) in [6, 6.07) is 11.0. The molecular formula is C18H26N2S. The Morgan fingerprint density at radius 2 is 1.81 bits per heavy atom. The number of aryl methyl sites for hydroxylation is 1. The molecule has 0 amide bonds. The summed E-state index contributed by atoms with van der Waals surface area (Å²) in [5.41, 5.74) is 2.39. The standard InChI is InChI=1S/C18H26N2S/c1-13(2)10-11-17-20-18(15-8-6-5-7-9-15)16(21-17)12-19-14(3)4/h5-9,13-14,19H,10-12H2,1-4H3. The van der Waals surface area contributed by atoms with E-state index in [0.717, 1.165) is 24.6 Å². The summed E-state index contributed by atoms with van der Waals surface area (Å²) in [5.74, 6) is 0.728. The molecule has 1 heterocycles. The van der Waals surface area contributed by atoms with E-state index in [2.05, 4.69) is 63.3 Å². The molecule has 21 heavy (non-hydrogen) atoms. The molecule has 1 aromatic carbocycles. The Kier molecular flexibility index (Phi) is 5.95. The van der Waals surface area contributed by atoms with Gasteiger partial charge in [0.15, 0.2) is 0 Å². The van der Waals surface area contributed by atoms with Gasteiger partial charge in [-0.25, -0.2) is 4.98 Å². The van der Waals surface area contributed by atoms with E-state index >= 15 is 0 Å². The van der Waals surface area contributed by atoms with Gasteiger partial charge in [0.2, 0.25) is 0 Å². The number of hydrogen-bond donors (Lipinski definition) is 1. The smallest absolute Gasteiger partial charge is 0.0936 e. The first-order chi connectivity index (χ1) is 10.1. The largest absolute Gasteiger partial charge is 0.310 e. The zero-order valence-electron chi connectivity index (χ0n) is 13.5. The molecule has 0 saturated heterocycles. The molecule has 0 aliphatic rings. The molecule has 0 aliphatic carbocycles. The number of hydrogen-bond acceptors (Lipinski definition) is 3. The van der Waals surface area contributed by atoms with Gasteiger partial charge in [-0.1, -0.05) is 58.0 Å². The Hall–Kier alpha value is -1.19. The lowest BCUT2D eigenvalue weighted by Crippen LogP contribution is -2.21. The number of aromatic nitrogens is 1. The van der Waals surface area contributed by atoms with Crippen molar-refractivity contribution in [2.24, 2.45) is 5.92 Å². The molecule has 114 valence electrons. The zero-order chi connectivity index (χ0) is 15.2. The highest BCUT2D eigenvalue weighted by Crippen LogP contribution is 2.29. The fourth-order valence-corrected chi connectivity index (χ4v) is 3.21. The van der Waals surface area contributed by atoms with Gasteiger partial charge in [-0.3, -0.25) is 0 Å². The van der Waals surface area contributed by atoms with E-state index in [-0.39, 0.29) is 0 Å². The molecule has 2 aromatic rings. The third kappa shape index (κ3) is 4.94. The average Bonchev–Trinajstić information content (AvgIpc) is 2.87. The van der Waals surface area contributed by atoms with Gasteiger partial charge < -0.3 is 5.32 Å². The fourth-order valence-electron chi connectivity index (χ4n) is 2.16. The molecule has 0 saturated carbocycles. The highest BCUT2D eigenvalue weighted by Gasteiger charge is 2.13. The van der Waals surface area contributed by atoms with Crippen molar-refractivity contribution in [3.05, 3.63) is 40.2 Å². The summed E-state index contributed by atoms with van der Waals surface area (Å²) in [6.07, 6.45) is 2.29. The van der Waals surface area contributed by atoms with E-state index in [1.807, 2.05) is 11.3 Å². The number of benzene rings is 1. The number of rotatable bonds is 7. The maximum atomic E-state index is 4.91. The summed E-state index contributed by atoms with van der Waals surface area (Å²) in [7, 11) is 0. The molecule has 0 radical (unpaired) electrons. The van der Waals surface area contributed by atoms with Crippen LogP contribution in [0.5, 0.6) is 0 Å². The third-order valence-corrected chi connectivity index (χ3v) is 4.51. The number of nitrogens with zero attached hydrogens (tertiary/aromatic N) is 1. The van der Waals surface area contributed by atoms with Crippen molar-refractivity contribution in [3.8, 4) is 11.3 Å². The third-order valence-electron chi connectivity index (χ3n) is 3.40. The predicted octanol–water partition coefficient (Wildman–Crippen LogP) is 4.90. The van der Waals surface area contributed by atoms with Crippen molar-refractivity contribution in [2.45, 2.75) is 53.1 Å². The van der Waals surface area contributed by atoms with Gasteiger partial charge >= 0.3 is 0 Å². The lowest BCUT2D eigenvalue weighted by atomic mass is 10.1. The summed E-state index contributed by atoms with van der Waals surface area (Å²) in [4.78, 5) is 6.26. The van der Waals surface area contributed by atoms with Crippen LogP contribution in [0.2, 0.25) is 0 Å². The van der Waals surface area contributed by atoms with Crippen molar-refractivity contribution in [2.75, 3.05) is 0 Å². The van der Waals surface area contributed by atoms with E-state index in [1.165, 1.54) is 21.9 Å². The Balaban J connectivity index is 2.23. The molecule has 0 spiro atoms. The van der Waals surface area contributed by atoms with E-state index in [4.69, 9.17) is 4.98 Å². The van der Waals surface area contributed by atoms with Gasteiger partial charge in [0.25, 0.3) is 0 Å². The van der Waals surface area contributed by atoms with Crippen LogP contribution >= 0.6 is 11.3 Å². The summed E-state index contributed by atoms with van der Waals surface area (Å²) in [5, 5.41) is 4.79. The van der Waals surface area contributed by atoms with E-state index in [9.17, 15) is 0 Å². The molecule has 0 bridgehead atoms. The van der Waals surface area contributed by atoms with Crippen LogP contribution < -0.4 is 5.32 Å². The minimum Gasteiger partial charge on any atom is -0.310 e. The highest BCUT2D eigenvalue weighted by molar-refractivity contribution is 7.12. The zero-order valence-corrected chi connectivity index (χ0v) is 14.3. The Morgan fingerprint density at radius 3 is 2.43 bits per heavy atom. The number of thiazole rings is 1. The summed E-state index contributed by atoms with van der Waals surface area (Å²) < 4.78 is 0. The maximum Gasteiger partial charge on any atom is 0.0936 e. The topological polar surface area (TPSA) is 24.9 Å². The van der Waals surface area contributed by atoms with Crippen molar-refractivity contribution in [1.29, 1.82) is 0 Å². The van der Waals surface area contributed by atoms with Crippen LogP contribution in [0.1, 0.15) is 44.0 Å². The van der Waals surface area contributed by atoms with Crippen LogP contribution in [0.4, 0.5) is 0 Å². The molecule has 0 unspecified atom stereocenters. The molecule has 0 aliphatic heterocycles. The van der Waals surface area contributed by atoms with Gasteiger partial charge in [-0.05, 0) is 18.8 Å². The lowest BCUT2D eigenvalue weighted by Gasteiger charge is -2.07. The molecule has 0 fully saturated rings. The molecule has 0 atom stereocenters. The lowest BCUT2D eigenvalue weighted by molar-refractivity contribution is 0.585. The van der Waals surface area contributed by atoms with Gasteiger partial charge in [0.05, 0.1) is 10.7 Å². The molecule has 1 aromatic heterocycles. The van der Waals surface area contributed by atoms with Gasteiger partial charge in [0.1, 0.15) is 0 Å². The van der Waals surface area contributed by atoms with Crippen LogP contribution in [0, 0.1) is 5.92 Å². The van der Waals surface area contributed by atoms with Gasteiger partial charge in [0, 0.05) is 23.0 Å². The first-order valence-corrected chi connectivity index (χ1v) is 8.65. The van der Waals surface area contributed by atoms with Gasteiger partial charge in [-0.2, -0.15) is 0 Å². The van der Waals surface area contributed by atoms with Crippen molar-refractivity contribution in [3.63, 3.8) is 0 Å². The van der Waals surface area contributed by atoms with E-state index in [1.54, 1.807) is 0 Å². The SMILES string of the molecule is CC(C)CCc1nc(-c2ccccc2)c(CNC(C)C)s1. The molecular weight excluding hydrogens is 276 g/mol. The second kappa shape index (κ2) is 7.71. The van der Waals surface area contributed by atoms with Crippen molar-refractivity contribution < 1.29 is 0 Å². The predicted molar refractivity (Wildman–Crippen MR) is 92.7 cm³/mol. The summed E-state index contributed by atoms with van der Waals surface area (Å²) in [6.45, 7) is 9.81. The number of nitrogens with one attached hydrogen (secondary N) is 1. The van der Waals surface area contributed by atoms with E-state index in [0.29, 0.717) is 6.04 Å². The van der Waals surface area contributed by atoms with Crippen molar-refractivity contribution in [1.82, 2.24) is 10.3 Å². The van der Waals surface area contributed by atoms with Crippen LogP contribution in [-0.2, 0) is 13.0 Å².